The fourth-order valence-corrected chi connectivity index (χ4v) is 4.02. The van der Waals surface area contributed by atoms with Crippen molar-refractivity contribution >= 4 is 23.3 Å². The topological polar surface area (TPSA) is 92.9 Å². The largest absolute Gasteiger partial charge is 0.481 e. The number of nitrogens with two attached hydrogens (primary N) is 1. The minimum Gasteiger partial charge on any atom is -0.481 e. The minimum absolute atomic E-state index is 0.0806. The second-order valence-corrected chi connectivity index (χ2v) is 7.55. The van der Waals surface area contributed by atoms with Gasteiger partial charge in [-0.1, -0.05) is 48.5 Å². The van der Waals surface area contributed by atoms with Crippen molar-refractivity contribution in [3.05, 3.63) is 95.1 Å². The molecule has 158 valence electrons. The van der Waals surface area contributed by atoms with Crippen molar-refractivity contribution in [1.29, 1.82) is 0 Å². The highest BCUT2D eigenvalue weighted by Crippen LogP contribution is 2.40. The van der Waals surface area contributed by atoms with Gasteiger partial charge in [-0.2, -0.15) is 0 Å². The normalized spacial score (nSPS) is 15.2. The van der Waals surface area contributed by atoms with Crippen molar-refractivity contribution in [2.45, 2.75) is 18.9 Å². The summed E-state index contributed by atoms with van der Waals surface area (Å²) in [7, 11) is 0. The number of carbonyl (C=O) groups is 2. The second-order valence-electron chi connectivity index (χ2n) is 7.55. The minimum atomic E-state index is -0.901. The van der Waals surface area contributed by atoms with Crippen LogP contribution < -0.4 is 10.6 Å². The summed E-state index contributed by atoms with van der Waals surface area (Å²) < 4.78 is 5.82. The summed E-state index contributed by atoms with van der Waals surface area (Å²) in [5.74, 6) is -1.44. The lowest BCUT2D eigenvalue weighted by Gasteiger charge is -2.24. The van der Waals surface area contributed by atoms with Crippen molar-refractivity contribution in [3.8, 4) is 0 Å². The molecular formula is C25H24N2O4. The van der Waals surface area contributed by atoms with Gasteiger partial charge in [0, 0.05) is 29.4 Å². The number of nitrogens with zero attached hydrogens (tertiary/aromatic N) is 1. The number of carboxylic acid groups (broad SMARTS) is 1. The van der Waals surface area contributed by atoms with Crippen molar-refractivity contribution in [2.75, 3.05) is 23.8 Å². The fourth-order valence-electron chi connectivity index (χ4n) is 4.02. The number of aliphatic carboxylic acids is 1. The summed E-state index contributed by atoms with van der Waals surface area (Å²) in [4.78, 5) is 26.7. The van der Waals surface area contributed by atoms with Gasteiger partial charge in [0.2, 0.25) is 0 Å². The number of anilines is 2. The Balaban J connectivity index is 1.60. The van der Waals surface area contributed by atoms with Crippen LogP contribution >= 0.6 is 0 Å². The third kappa shape index (κ3) is 4.44. The van der Waals surface area contributed by atoms with E-state index in [-0.39, 0.29) is 12.3 Å². The molecule has 6 nitrogen and oxygen atoms in total. The van der Waals surface area contributed by atoms with E-state index in [0.717, 1.165) is 22.4 Å². The molecule has 0 spiro atoms. The highest BCUT2D eigenvalue weighted by atomic mass is 16.5. The van der Waals surface area contributed by atoms with Crippen LogP contribution in [0.15, 0.2) is 72.8 Å². The van der Waals surface area contributed by atoms with E-state index in [9.17, 15) is 14.7 Å². The molecule has 3 aromatic rings. The molecule has 0 radical (unpaired) electrons. The van der Waals surface area contributed by atoms with E-state index in [2.05, 4.69) is 0 Å². The fraction of sp³-hybridized carbons (Fsp3) is 0.200. The molecule has 3 N–H and O–H groups in total. The molecule has 0 saturated carbocycles. The van der Waals surface area contributed by atoms with Crippen LogP contribution in [0.1, 0.15) is 39.4 Å². The lowest BCUT2D eigenvalue weighted by atomic mass is 9.86. The van der Waals surface area contributed by atoms with Gasteiger partial charge in [0.25, 0.3) is 5.91 Å². The Kier molecular flexibility index (Phi) is 6.00. The zero-order valence-electron chi connectivity index (χ0n) is 17.0. The van der Waals surface area contributed by atoms with Crippen molar-refractivity contribution in [2.24, 2.45) is 0 Å². The smallest absolute Gasteiger partial charge is 0.304 e. The Morgan fingerprint density at radius 3 is 2.39 bits per heavy atom. The molecule has 0 aromatic heterocycles. The predicted molar refractivity (Wildman–Crippen MR) is 119 cm³/mol. The SMILES string of the molecule is Nc1ccc(COCCN2C(=O)c3ccccc3C(CC(=O)O)c3ccccc32)cc1. The van der Waals surface area contributed by atoms with Crippen LogP contribution in [0.2, 0.25) is 0 Å². The predicted octanol–water partition coefficient (Wildman–Crippen LogP) is 4.05. The standard InChI is InChI=1S/C25H24N2O4/c26-18-11-9-17(10-12-18)16-31-14-13-27-23-8-4-3-6-20(23)22(15-24(28)29)19-5-1-2-7-21(19)25(27)30/h1-12,22H,13-16,26H2,(H,28,29). The number of hydrogen-bond donors (Lipinski definition) is 2. The van der Waals surface area contributed by atoms with Gasteiger partial charge in [-0.15, -0.1) is 0 Å². The Bertz CT molecular complexity index is 1090. The van der Waals surface area contributed by atoms with Crippen LogP contribution in [0.4, 0.5) is 11.4 Å². The van der Waals surface area contributed by atoms with E-state index in [1.54, 1.807) is 17.0 Å². The third-order valence-corrected chi connectivity index (χ3v) is 5.50. The Hall–Kier alpha value is -3.64. The van der Waals surface area contributed by atoms with Crippen LogP contribution in [0.3, 0.4) is 0 Å². The van der Waals surface area contributed by atoms with E-state index in [0.29, 0.717) is 31.0 Å². The van der Waals surface area contributed by atoms with Gasteiger partial charge in [0.1, 0.15) is 0 Å². The maximum Gasteiger partial charge on any atom is 0.304 e. The summed E-state index contributed by atoms with van der Waals surface area (Å²) in [6.07, 6.45) is -0.0806. The zero-order chi connectivity index (χ0) is 21.8. The first-order valence-corrected chi connectivity index (χ1v) is 10.2. The first-order valence-electron chi connectivity index (χ1n) is 10.2. The molecule has 1 aliphatic heterocycles. The molecule has 6 heteroatoms. The van der Waals surface area contributed by atoms with Crippen LogP contribution in [0, 0.1) is 0 Å². The number of nitrogen functional groups attached to an aromatic ring is 1. The summed E-state index contributed by atoms with van der Waals surface area (Å²) >= 11 is 0. The van der Waals surface area contributed by atoms with Crippen molar-refractivity contribution in [3.63, 3.8) is 0 Å². The average Bonchev–Trinajstić information content (AvgIpc) is 2.87. The lowest BCUT2D eigenvalue weighted by Crippen LogP contribution is -2.34. The van der Waals surface area contributed by atoms with Gasteiger partial charge in [0.15, 0.2) is 0 Å². The molecule has 0 bridgehead atoms. The van der Waals surface area contributed by atoms with E-state index in [1.807, 2.05) is 60.7 Å². The van der Waals surface area contributed by atoms with Gasteiger partial charge in [-0.25, -0.2) is 0 Å². The number of para-hydroxylation sites is 1. The lowest BCUT2D eigenvalue weighted by molar-refractivity contribution is -0.137. The van der Waals surface area contributed by atoms with E-state index in [4.69, 9.17) is 10.5 Å². The second kappa shape index (κ2) is 9.02. The van der Waals surface area contributed by atoms with Crippen LogP contribution in [0.5, 0.6) is 0 Å². The number of amides is 1. The molecule has 3 aromatic carbocycles. The van der Waals surface area contributed by atoms with Gasteiger partial charge < -0.3 is 20.5 Å². The number of carboxylic acids is 1. The molecule has 1 unspecified atom stereocenters. The Morgan fingerprint density at radius 2 is 1.65 bits per heavy atom. The first-order chi connectivity index (χ1) is 15.0. The molecule has 1 aliphatic rings. The maximum atomic E-state index is 13.4. The quantitative estimate of drug-likeness (QED) is 0.448. The van der Waals surface area contributed by atoms with E-state index in [1.165, 1.54) is 0 Å². The maximum absolute atomic E-state index is 13.4. The van der Waals surface area contributed by atoms with Gasteiger partial charge in [-0.05, 0) is 41.0 Å². The molecule has 1 atom stereocenters. The van der Waals surface area contributed by atoms with Crippen molar-refractivity contribution in [1.82, 2.24) is 0 Å². The number of hydrogen-bond acceptors (Lipinski definition) is 4. The van der Waals surface area contributed by atoms with Crippen molar-refractivity contribution < 1.29 is 19.4 Å². The van der Waals surface area contributed by atoms with Crippen LogP contribution in [-0.4, -0.2) is 30.1 Å². The summed E-state index contributed by atoms with van der Waals surface area (Å²) in [6.45, 7) is 1.12. The number of carbonyl (C=O) groups excluding carboxylic acids is 1. The van der Waals surface area contributed by atoms with Gasteiger partial charge in [0.05, 0.1) is 19.6 Å². The molecule has 4 rings (SSSR count). The van der Waals surface area contributed by atoms with Crippen LogP contribution in [0.25, 0.3) is 0 Å². The van der Waals surface area contributed by atoms with Crippen LogP contribution in [-0.2, 0) is 16.1 Å². The Morgan fingerprint density at radius 1 is 0.968 bits per heavy atom. The number of fused-ring (bicyclic) bond motifs is 2. The van der Waals surface area contributed by atoms with E-state index >= 15 is 0 Å². The molecule has 31 heavy (non-hydrogen) atoms. The number of rotatable bonds is 7. The summed E-state index contributed by atoms with van der Waals surface area (Å²) in [6, 6.07) is 22.2. The zero-order valence-corrected chi connectivity index (χ0v) is 17.0. The molecule has 1 amide bonds. The third-order valence-electron chi connectivity index (χ3n) is 5.50. The number of benzene rings is 3. The molecule has 0 fully saturated rings. The average molecular weight is 416 g/mol. The monoisotopic (exact) mass is 416 g/mol. The van der Waals surface area contributed by atoms with Gasteiger partial charge in [-0.3, -0.25) is 9.59 Å². The van der Waals surface area contributed by atoms with Gasteiger partial charge >= 0.3 is 5.97 Å². The highest BCUT2D eigenvalue weighted by Gasteiger charge is 2.33. The first kappa shape index (κ1) is 20.6. The molecule has 0 aliphatic carbocycles. The molecule has 0 saturated heterocycles. The number of ether oxygens (including phenoxy) is 1. The summed E-state index contributed by atoms with van der Waals surface area (Å²) in [5.41, 5.74) is 10.3. The molecular weight excluding hydrogens is 392 g/mol. The van der Waals surface area contributed by atoms with E-state index < -0.39 is 11.9 Å². The molecule has 1 heterocycles. The Labute approximate surface area is 180 Å². The highest BCUT2D eigenvalue weighted by molar-refractivity contribution is 6.09. The summed E-state index contributed by atoms with van der Waals surface area (Å²) in [5, 5.41) is 9.51.